The van der Waals surface area contributed by atoms with Crippen molar-refractivity contribution in [1.82, 2.24) is 4.90 Å². The highest BCUT2D eigenvalue weighted by molar-refractivity contribution is 5.79. The molecule has 0 spiro atoms. The smallest absolute Gasteiger partial charge is 0.223 e. The first-order valence-electron chi connectivity index (χ1n) is 6.87. The van der Waals surface area contributed by atoms with E-state index in [1.54, 1.807) is 6.08 Å². The van der Waals surface area contributed by atoms with Gasteiger partial charge in [0.05, 0.1) is 6.04 Å². The van der Waals surface area contributed by atoms with Crippen LogP contribution in [0.3, 0.4) is 0 Å². The molecule has 1 aliphatic heterocycles. The molecule has 1 aromatic rings. The van der Waals surface area contributed by atoms with Crippen LogP contribution in [0.25, 0.3) is 0 Å². The van der Waals surface area contributed by atoms with Gasteiger partial charge >= 0.3 is 0 Å². The molecule has 1 unspecified atom stereocenters. The first-order valence-corrected chi connectivity index (χ1v) is 6.87. The number of carbonyl (C=O) groups is 1. The van der Waals surface area contributed by atoms with E-state index in [0.29, 0.717) is 12.5 Å². The Morgan fingerprint density at radius 2 is 2.16 bits per heavy atom. The van der Waals surface area contributed by atoms with Gasteiger partial charge in [0.2, 0.25) is 5.91 Å². The van der Waals surface area contributed by atoms with Gasteiger partial charge in [-0.1, -0.05) is 55.1 Å². The largest absolute Gasteiger partial charge is 0.333 e. The van der Waals surface area contributed by atoms with E-state index in [9.17, 15) is 4.79 Å². The molecule has 2 atom stereocenters. The van der Waals surface area contributed by atoms with Gasteiger partial charge in [-0.2, -0.15) is 0 Å². The van der Waals surface area contributed by atoms with Crippen LogP contribution in [0.2, 0.25) is 0 Å². The van der Waals surface area contributed by atoms with Crippen molar-refractivity contribution in [2.24, 2.45) is 0 Å². The van der Waals surface area contributed by atoms with Crippen molar-refractivity contribution in [3.63, 3.8) is 0 Å². The van der Waals surface area contributed by atoms with Crippen LogP contribution in [-0.2, 0) is 4.79 Å². The molecular formula is C17H21NO. The normalized spacial score (nSPS) is 21.0. The second kappa shape index (κ2) is 6.37. The lowest BCUT2D eigenvalue weighted by molar-refractivity contribution is -0.131. The molecule has 0 radical (unpaired) electrons. The maximum Gasteiger partial charge on any atom is 0.223 e. The standard InChI is InChI=1S/C17H21NO/c1-3-4-6-11-16-12-13-17(19)18(16)14(2)15-9-7-5-8-10-15/h3-10,14,16H,1,11-13H2,2H3/b6-4+/t14-,16?/m0/s1. The second-order valence-electron chi connectivity index (χ2n) is 4.98. The van der Waals surface area contributed by atoms with Gasteiger partial charge < -0.3 is 4.90 Å². The van der Waals surface area contributed by atoms with Crippen LogP contribution in [0.4, 0.5) is 0 Å². The number of allylic oxidation sites excluding steroid dienone is 2. The average molecular weight is 255 g/mol. The first kappa shape index (κ1) is 13.6. The lowest BCUT2D eigenvalue weighted by atomic mass is 10.0. The monoisotopic (exact) mass is 255 g/mol. The van der Waals surface area contributed by atoms with Crippen molar-refractivity contribution < 1.29 is 4.79 Å². The van der Waals surface area contributed by atoms with Gasteiger partial charge in [0.15, 0.2) is 0 Å². The third kappa shape index (κ3) is 3.14. The van der Waals surface area contributed by atoms with E-state index in [0.717, 1.165) is 12.8 Å². The molecular weight excluding hydrogens is 234 g/mol. The van der Waals surface area contributed by atoms with E-state index in [4.69, 9.17) is 0 Å². The van der Waals surface area contributed by atoms with Crippen molar-refractivity contribution in [2.45, 2.75) is 38.3 Å². The Kier molecular flexibility index (Phi) is 4.56. The van der Waals surface area contributed by atoms with Crippen LogP contribution in [0, 0.1) is 0 Å². The Hall–Kier alpha value is -1.83. The zero-order valence-electron chi connectivity index (χ0n) is 11.5. The molecule has 2 nitrogen and oxygen atoms in total. The van der Waals surface area contributed by atoms with Crippen molar-refractivity contribution in [3.8, 4) is 0 Å². The summed E-state index contributed by atoms with van der Waals surface area (Å²) in [4.78, 5) is 14.2. The Labute approximate surface area is 115 Å². The van der Waals surface area contributed by atoms with Crippen LogP contribution in [0.1, 0.15) is 37.8 Å². The predicted octanol–water partition coefficient (Wildman–Crippen LogP) is 3.87. The summed E-state index contributed by atoms with van der Waals surface area (Å²) in [5, 5.41) is 0. The molecule has 0 bridgehead atoms. The number of amides is 1. The molecule has 1 heterocycles. The van der Waals surface area contributed by atoms with Crippen molar-refractivity contribution in [2.75, 3.05) is 0 Å². The van der Waals surface area contributed by atoms with Crippen LogP contribution in [0.15, 0.2) is 55.1 Å². The number of benzene rings is 1. The number of hydrogen-bond donors (Lipinski definition) is 0. The minimum atomic E-state index is 0.151. The summed E-state index contributed by atoms with van der Waals surface area (Å²) in [6.45, 7) is 5.79. The molecule has 1 aliphatic rings. The fourth-order valence-electron chi connectivity index (χ4n) is 2.75. The van der Waals surface area contributed by atoms with E-state index in [-0.39, 0.29) is 11.9 Å². The number of hydrogen-bond acceptors (Lipinski definition) is 1. The van der Waals surface area contributed by atoms with E-state index in [1.807, 2.05) is 29.2 Å². The van der Waals surface area contributed by atoms with Crippen LogP contribution >= 0.6 is 0 Å². The van der Waals surface area contributed by atoms with Crippen LogP contribution in [-0.4, -0.2) is 16.8 Å². The summed E-state index contributed by atoms with van der Waals surface area (Å²) in [6, 6.07) is 10.7. The zero-order valence-corrected chi connectivity index (χ0v) is 11.5. The summed E-state index contributed by atoms with van der Waals surface area (Å²) in [6.07, 6.45) is 8.37. The van der Waals surface area contributed by atoms with Gasteiger partial charge in [0.1, 0.15) is 0 Å². The summed E-state index contributed by atoms with van der Waals surface area (Å²) in [5.74, 6) is 0.272. The fraction of sp³-hybridized carbons (Fsp3) is 0.353. The quantitative estimate of drug-likeness (QED) is 0.731. The van der Waals surface area contributed by atoms with Gasteiger partial charge in [-0.05, 0) is 25.3 Å². The Bertz CT molecular complexity index is 463. The molecule has 2 heteroatoms. The number of likely N-dealkylation sites (tertiary alicyclic amines) is 1. The van der Waals surface area contributed by atoms with Gasteiger partial charge in [-0.25, -0.2) is 0 Å². The number of nitrogens with zero attached hydrogens (tertiary/aromatic N) is 1. The molecule has 2 rings (SSSR count). The second-order valence-corrected chi connectivity index (χ2v) is 4.98. The molecule has 0 N–H and O–H groups in total. The zero-order chi connectivity index (χ0) is 13.7. The molecule has 1 amide bonds. The topological polar surface area (TPSA) is 20.3 Å². The molecule has 1 saturated heterocycles. The first-order chi connectivity index (χ1) is 9.24. The lowest BCUT2D eigenvalue weighted by Crippen LogP contribution is -2.35. The Balaban J connectivity index is 2.13. The molecule has 19 heavy (non-hydrogen) atoms. The van der Waals surface area contributed by atoms with Crippen LogP contribution < -0.4 is 0 Å². The Morgan fingerprint density at radius 1 is 1.42 bits per heavy atom. The molecule has 100 valence electrons. The highest BCUT2D eigenvalue weighted by atomic mass is 16.2. The van der Waals surface area contributed by atoms with Gasteiger partial charge in [-0.15, -0.1) is 0 Å². The molecule has 0 aromatic heterocycles. The van der Waals surface area contributed by atoms with Crippen molar-refractivity contribution in [3.05, 3.63) is 60.7 Å². The summed E-state index contributed by atoms with van der Waals surface area (Å²) in [7, 11) is 0. The lowest BCUT2D eigenvalue weighted by Gasteiger charge is -2.31. The third-order valence-corrected chi connectivity index (χ3v) is 3.75. The Morgan fingerprint density at radius 3 is 2.84 bits per heavy atom. The highest BCUT2D eigenvalue weighted by Gasteiger charge is 2.33. The van der Waals surface area contributed by atoms with Gasteiger partial charge in [0, 0.05) is 12.5 Å². The summed E-state index contributed by atoms with van der Waals surface area (Å²) in [5.41, 5.74) is 1.20. The summed E-state index contributed by atoms with van der Waals surface area (Å²) < 4.78 is 0. The maximum atomic E-state index is 12.1. The minimum absolute atomic E-state index is 0.151. The van der Waals surface area contributed by atoms with E-state index >= 15 is 0 Å². The SMILES string of the molecule is C=C/C=C/CC1CCC(=O)N1[C@@H](C)c1ccccc1. The molecule has 1 fully saturated rings. The molecule has 0 aliphatic carbocycles. The van der Waals surface area contributed by atoms with E-state index < -0.39 is 0 Å². The fourth-order valence-corrected chi connectivity index (χ4v) is 2.75. The molecule has 0 saturated carbocycles. The minimum Gasteiger partial charge on any atom is -0.333 e. The average Bonchev–Trinajstić information content (AvgIpc) is 2.80. The predicted molar refractivity (Wildman–Crippen MR) is 78.7 cm³/mol. The maximum absolute atomic E-state index is 12.1. The van der Waals surface area contributed by atoms with Crippen molar-refractivity contribution in [1.29, 1.82) is 0 Å². The van der Waals surface area contributed by atoms with Crippen molar-refractivity contribution >= 4 is 5.91 Å². The third-order valence-electron chi connectivity index (χ3n) is 3.75. The molecule has 1 aromatic carbocycles. The van der Waals surface area contributed by atoms with Gasteiger partial charge in [-0.3, -0.25) is 4.79 Å². The van der Waals surface area contributed by atoms with Gasteiger partial charge in [0.25, 0.3) is 0 Å². The van der Waals surface area contributed by atoms with Crippen LogP contribution in [0.5, 0.6) is 0 Å². The van der Waals surface area contributed by atoms with E-state index in [1.165, 1.54) is 5.56 Å². The summed E-state index contributed by atoms with van der Waals surface area (Å²) >= 11 is 0. The number of rotatable bonds is 5. The highest BCUT2D eigenvalue weighted by Crippen LogP contribution is 2.31. The number of carbonyl (C=O) groups excluding carboxylic acids is 1. The van der Waals surface area contributed by atoms with E-state index in [2.05, 4.69) is 31.7 Å².